The molecule has 0 aliphatic heterocycles. The summed E-state index contributed by atoms with van der Waals surface area (Å²) < 4.78 is 0. The number of aromatic nitrogens is 1. The number of aryl methyl sites for hydroxylation is 1. The maximum atomic E-state index is 11.8. The maximum Gasteiger partial charge on any atom is 0.227 e. The van der Waals surface area contributed by atoms with Crippen LogP contribution in [0.3, 0.4) is 0 Å². The van der Waals surface area contributed by atoms with Crippen molar-refractivity contribution in [1.82, 2.24) is 4.98 Å². The molecule has 1 aromatic heterocycles. The van der Waals surface area contributed by atoms with E-state index < -0.39 is 0 Å². The van der Waals surface area contributed by atoms with Gasteiger partial charge in [0.25, 0.3) is 0 Å². The lowest BCUT2D eigenvalue weighted by atomic mass is 10.0. The Kier molecular flexibility index (Phi) is 4.74. The largest absolute Gasteiger partial charge is 0.324 e. The summed E-state index contributed by atoms with van der Waals surface area (Å²) in [6.45, 7) is 5.86. The average Bonchev–Trinajstić information content (AvgIpc) is 2.24. The second-order valence-corrected chi connectivity index (χ2v) is 4.16. The summed E-state index contributed by atoms with van der Waals surface area (Å²) in [5, 5.41) is 3.32. The standard InChI is InChI=1S/C12H17ClN2O/c1-4-9(5-2)12(16)15-10-6-7-11(13)14-8(10)3/h6-7,9H,4-5H2,1-3H3,(H,15,16). The number of hydrogen-bond acceptors (Lipinski definition) is 2. The molecule has 4 heteroatoms. The molecule has 16 heavy (non-hydrogen) atoms. The van der Waals surface area contributed by atoms with Crippen LogP contribution < -0.4 is 5.32 Å². The molecule has 0 aliphatic rings. The monoisotopic (exact) mass is 240 g/mol. The molecule has 0 saturated heterocycles. The van der Waals surface area contributed by atoms with Crippen LogP contribution in [0.5, 0.6) is 0 Å². The van der Waals surface area contributed by atoms with E-state index in [4.69, 9.17) is 11.6 Å². The topological polar surface area (TPSA) is 42.0 Å². The smallest absolute Gasteiger partial charge is 0.227 e. The Labute approximate surface area is 101 Å². The van der Waals surface area contributed by atoms with Gasteiger partial charge in [-0.15, -0.1) is 0 Å². The van der Waals surface area contributed by atoms with Gasteiger partial charge in [0.15, 0.2) is 0 Å². The highest BCUT2D eigenvalue weighted by molar-refractivity contribution is 6.29. The highest BCUT2D eigenvalue weighted by Crippen LogP contribution is 2.18. The van der Waals surface area contributed by atoms with E-state index in [2.05, 4.69) is 10.3 Å². The van der Waals surface area contributed by atoms with Crippen LogP contribution in [-0.2, 0) is 4.79 Å². The molecular formula is C12H17ClN2O. The molecule has 0 spiro atoms. The highest BCUT2D eigenvalue weighted by Gasteiger charge is 2.15. The zero-order valence-corrected chi connectivity index (χ0v) is 10.6. The minimum Gasteiger partial charge on any atom is -0.324 e. The molecule has 0 unspecified atom stereocenters. The Morgan fingerprint density at radius 1 is 1.44 bits per heavy atom. The fourth-order valence-corrected chi connectivity index (χ4v) is 1.75. The number of amides is 1. The Hall–Kier alpha value is -1.09. The van der Waals surface area contributed by atoms with Gasteiger partial charge in [0.1, 0.15) is 5.15 Å². The van der Waals surface area contributed by atoms with Crippen LogP contribution in [0.2, 0.25) is 5.15 Å². The summed E-state index contributed by atoms with van der Waals surface area (Å²) in [5.41, 5.74) is 1.48. The van der Waals surface area contributed by atoms with E-state index >= 15 is 0 Å². The van der Waals surface area contributed by atoms with Gasteiger partial charge in [-0.1, -0.05) is 25.4 Å². The zero-order valence-electron chi connectivity index (χ0n) is 9.88. The van der Waals surface area contributed by atoms with Crippen LogP contribution in [0.4, 0.5) is 5.69 Å². The number of rotatable bonds is 4. The van der Waals surface area contributed by atoms with Crippen LogP contribution in [0.1, 0.15) is 32.4 Å². The van der Waals surface area contributed by atoms with Crippen molar-refractivity contribution < 1.29 is 4.79 Å². The lowest BCUT2D eigenvalue weighted by Crippen LogP contribution is -2.22. The summed E-state index contributed by atoms with van der Waals surface area (Å²) in [5.74, 6) is 0.118. The molecule has 0 saturated carbocycles. The molecule has 0 aromatic carbocycles. The number of nitrogens with zero attached hydrogens (tertiary/aromatic N) is 1. The summed E-state index contributed by atoms with van der Waals surface area (Å²) in [7, 11) is 0. The van der Waals surface area contributed by atoms with Gasteiger partial charge in [0, 0.05) is 5.92 Å². The number of halogens is 1. The minimum atomic E-state index is 0.0530. The Balaban J connectivity index is 2.76. The van der Waals surface area contributed by atoms with Crippen molar-refractivity contribution in [2.75, 3.05) is 5.32 Å². The van der Waals surface area contributed by atoms with E-state index in [1.54, 1.807) is 12.1 Å². The van der Waals surface area contributed by atoms with Crippen molar-refractivity contribution in [3.8, 4) is 0 Å². The predicted molar refractivity (Wildman–Crippen MR) is 66.7 cm³/mol. The predicted octanol–water partition coefficient (Wildman–Crippen LogP) is 3.42. The second-order valence-electron chi connectivity index (χ2n) is 3.77. The SMILES string of the molecule is CCC(CC)C(=O)Nc1ccc(Cl)nc1C. The molecule has 1 amide bonds. The number of anilines is 1. The molecule has 0 fully saturated rings. The lowest BCUT2D eigenvalue weighted by molar-refractivity contribution is -0.120. The molecule has 1 N–H and O–H groups in total. The molecular weight excluding hydrogens is 224 g/mol. The maximum absolute atomic E-state index is 11.8. The fourth-order valence-electron chi connectivity index (χ4n) is 1.56. The Bertz CT molecular complexity index is 375. The van der Waals surface area contributed by atoms with Gasteiger partial charge in [-0.3, -0.25) is 4.79 Å². The summed E-state index contributed by atoms with van der Waals surface area (Å²) in [6, 6.07) is 3.46. The van der Waals surface area contributed by atoms with Crippen molar-refractivity contribution in [2.45, 2.75) is 33.6 Å². The third-order valence-corrected chi connectivity index (χ3v) is 2.88. The first-order valence-electron chi connectivity index (χ1n) is 5.52. The zero-order chi connectivity index (χ0) is 12.1. The summed E-state index contributed by atoms with van der Waals surface area (Å²) >= 11 is 5.75. The second kappa shape index (κ2) is 5.85. The van der Waals surface area contributed by atoms with E-state index in [0.29, 0.717) is 5.15 Å². The van der Waals surface area contributed by atoms with Crippen LogP contribution in [0.25, 0.3) is 0 Å². The number of hydrogen-bond donors (Lipinski definition) is 1. The van der Waals surface area contributed by atoms with Crippen molar-refractivity contribution >= 4 is 23.2 Å². The number of carbonyl (C=O) groups is 1. The first kappa shape index (κ1) is 13.0. The molecule has 88 valence electrons. The van der Waals surface area contributed by atoms with Crippen molar-refractivity contribution in [2.24, 2.45) is 5.92 Å². The normalized spacial score (nSPS) is 10.6. The van der Waals surface area contributed by atoms with E-state index in [-0.39, 0.29) is 11.8 Å². The lowest BCUT2D eigenvalue weighted by Gasteiger charge is -2.13. The number of pyridine rings is 1. The van der Waals surface area contributed by atoms with Crippen molar-refractivity contribution in [3.05, 3.63) is 23.0 Å². The van der Waals surface area contributed by atoms with E-state index in [9.17, 15) is 4.79 Å². The van der Waals surface area contributed by atoms with E-state index in [0.717, 1.165) is 24.2 Å². The summed E-state index contributed by atoms with van der Waals surface area (Å²) in [6.07, 6.45) is 1.70. The molecule has 0 aliphatic carbocycles. The molecule has 0 bridgehead atoms. The van der Waals surface area contributed by atoms with Gasteiger partial charge < -0.3 is 5.32 Å². The third-order valence-electron chi connectivity index (χ3n) is 2.67. The fraction of sp³-hybridized carbons (Fsp3) is 0.500. The number of carbonyl (C=O) groups excluding carboxylic acids is 1. The molecule has 1 rings (SSSR count). The highest BCUT2D eigenvalue weighted by atomic mass is 35.5. The minimum absolute atomic E-state index is 0.0530. The van der Waals surface area contributed by atoms with E-state index in [1.807, 2.05) is 20.8 Å². The van der Waals surface area contributed by atoms with Crippen molar-refractivity contribution in [1.29, 1.82) is 0 Å². The third kappa shape index (κ3) is 3.20. The van der Waals surface area contributed by atoms with Gasteiger partial charge in [-0.25, -0.2) is 4.98 Å². The molecule has 0 radical (unpaired) electrons. The van der Waals surface area contributed by atoms with Gasteiger partial charge in [-0.2, -0.15) is 0 Å². The van der Waals surface area contributed by atoms with Crippen molar-refractivity contribution in [3.63, 3.8) is 0 Å². The van der Waals surface area contributed by atoms with Crippen LogP contribution in [0, 0.1) is 12.8 Å². The first-order valence-corrected chi connectivity index (χ1v) is 5.90. The van der Waals surface area contributed by atoms with Crippen LogP contribution in [-0.4, -0.2) is 10.9 Å². The first-order chi connectivity index (χ1) is 7.58. The average molecular weight is 241 g/mol. The molecule has 1 heterocycles. The van der Waals surface area contributed by atoms with Gasteiger partial charge in [0.05, 0.1) is 11.4 Å². The molecule has 1 aromatic rings. The molecule has 3 nitrogen and oxygen atoms in total. The summed E-state index contributed by atoms with van der Waals surface area (Å²) in [4.78, 5) is 15.9. The van der Waals surface area contributed by atoms with E-state index in [1.165, 1.54) is 0 Å². The molecule has 0 atom stereocenters. The Morgan fingerprint density at radius 2 is 2.06 bits per heavy atom. The van der Waals surface area contributed by atoms with Gasteiger partial charge in [-0.05, 0) is 31.9 Å². The number of nitrogens with one attached hydrogen (secondary N) is 1. The quantitative estimate of drug-likeness (QED) is 0.820. The van der Waals surface area contributed by atoms with Crippen LogP contribution in [0.15, 0.2) is 12.1 Å². The van der Waals surface area contributed by atoms with Gasteiger partial charge in [0.2, 0.25) is 5.91 Å². The Morgan fingerprint density at radius 3 is 2.56 bits per heavy atom. The van der Waals surface area contributed by atoms with Gasteiger partial charge >= 0.3 is 0 Å². The van der Waals surface area contributed by atoms with Crippen LogP contribution >= 0.6 is 11.6 Å².